The summed E-state index contributed by atoms with van der Waals surface area (Å²) in [4.78, 5) is 21.1. The molecule has 0 aromatic carbocycles. The van der Waals surface area contributed by atoms with Crippen molar-refractivity contribution in [3.05, 3.63) is 17.5 Å². The van der Waals surface area contributed by atoms with Crippen LogP contribution < -0.4 is 10.6 Å². The molecule has 1 amide bonds. The van der Waals surface area contributed by atoms with Crippen LogP contribution in [0.2, 0.25) is 0 Å². The van der Waals surface area contributed by atoms with Gasteiger partial charge in [-0.2, -0.15) is 0 Å². The Bertz CT molecular complexity index is 446. The van der Waals surface area contributed by atoms with Crippen LogP contribution in [0.1, 0.15) is 37.6 Å². The topological polar surface area (TPSA) is 66.9 Å². The number of carbonyl (C=O) groups is 1. The number of hydrogen-bond donors (Lipinski definition) is 2. The van der Waals surface area contributed by atoms with Crippen LogP contribution in [-0.2, 0) is 4.79 Å². The van der Waals surface area contributed by atoms with E-state index in [0.29, 0.717) is 5.95 Å². The third-order valence-electron chi connectivity index (χ3n) is 3.93. The van der Waals surface area contributed by atoms with Crippen molar-refractivity contribution < 1.29 is 4.79 Å². The summed E-state index contributed by atoms with van der Waals surface area (Å²) in [5.41, 5.74) is 1.48. The van der Waals surface area contributed by atoms with Gasteiger partial charge in [-0.05, 0) is 52.3 Å². The average Bonchev–Trinajstić information content (AvgIpc) is 2.38. The lowest BCUT2D eigenvalue weighted by molar-refractivity contribution is -0.127. The number of hydrogen-bond acceptors (Lipinski definition) is 4. The molecule has 5 heteroatoms. The van der Waals surface area contributed by atoms with Crippen LogP contribution >= 0.6 is 0 Å². The van der Waals surface area contributed by atoms with Gasteiger partial charge in [0, 0.05) is 11.4 Å². The molecule has 2 N–H and O–H groups in total. The monoisotopic (exact) mass is 262 g/mol. The molecule has 0 radical (unpaired) electrons. The van der Waals surface area contributed by atoms with Gasteiger partial charge in [0.1, 0.15) is 0 Å². The van der Waals surface area contributed by atoms with Crippen molar-refractivity contribution in [2.24, 2.45) is 5.41 Å². The van der Waals surface area contributed by atoms with E-state index in [4.69, 9.17) is 0 Å². The molecular weight excluding hydrogens is 240 g/mol. The minimum Gasteiger partial charge on any atom is -0.317 e. The summed E-state index contributed by atoms with van der Waals surface area (Å²) in [7, 11) is 0. The van der Waals surface area contributed by atoms with E-state index in [1.807, 2.05) is 19.9 Å². The fraction of sp³-hybridized carbons (Fsp3) is 0.643. The van der Waals surface area contributed by atoms with E-state index < -0.39 is 0 Å². The Morgan fingerprint density at radius 3 is 2.42 bits per heavy atom. The van der Waals surface area contributed by atoms with Gasteiger partial charge in [0.05, 0.1) is 5.41 Å². The van der Waals surface area contributed by atoms with Crippen LogP contribution in [0.15, 0.2) is 6.07 Å². The Labute approximate surface area is 114 Å². The largest absolute Gasteiger partial charge is 0.317 e. The second-order valence-electron chi connectivity index (χ2n) is 5.31. The average molecular weight is 262 g/mol. The molecule has 1 aliphatic rings. The highest BCUT2D eigenvalue weighted by Crippen LogP contribution is 2.33. The Kier molecular flexibility index (Phi) is 4.14. The Hall–Kier alpha value is -1.49. The van der Waals surface area contributed by atoms with Crippen molar-refractivity contribution in [1.82, 2.24) is 15.3 Å². The molecule has 0 aliphatic carbocycles. The first-order valence-corrected chi connectivity index (χ1v) is 6.90. The van der Waals surface area contributed by atoms with Crippen molar-refractivity contribution in [3.63, 3.8) is 0 Å². The fourth-order valence-corrected chi connectivity index (χ4v) is 2.66. The smallest absolute Gasteiger partial charge is 0.233 e. The minimum absolute atomic E-state index is 0.0569. The van der Waals surface area contributed by atoms with Crippen molar-refractivity contribution >= 4 is 11.9 Å². The highest BCUT2D eigenvalue weighted by molar-refractivity contribution is 5.94. The molecule has 0 spiro atoms. The Balaban J connectivity index is 2.14. The summed E-state index contributed by atoms with van der Waals surface area (Å²) >= 11 is 0. The van der Waals surface area contributed by atoms with E-state index in [9.17, 15) is 4.79 Å². The molecule has 19 heavy (non-hydrogen) atoms. The van der Waals surface area contributed by atoms with Crippen LogP contribution in [0.4, 0.5) is 5.95 Å². The summed E-state index contributed by atoms with van der Waals surface area (Å²) in [5, 5.41) is 6.20. The van der Waals surface area contributed by atoms with Crippen molar-refractivity contribution in [3.8, 4) is 0 Å². The zero-order valence-electron chi connectivity index (χ0n) is 11.9. The maximum atomic E-state index is 12.5. The molecule has 2 rings (SSSR count). The standard InChI is InChI=1S/C14H22N4O/c1-4-14(5-7-15-8-6-14)12(19)18-13-16-10(2)9-11(3)17-13/h9,15H,4-8H2,1-3H3,(H,16,17,18,19). The Morgan fingerprint density at radius 1 is 1.32 bits per heavy atom. The van der Waals surface area contributed by atoms with E-state index in [-0.39, 0.29) is 11.3 Å². The number of anilines is 1. The van der Waals surface area contributed by atoms with Crippen molar-refractivity contribution in [2.45, 2.75) is 40.0 Å². The molecule has 2 heterocycles. The maximum absolute atomic E-state index is 12.5. The van der Waals surface area contributed by atoms with Gasteiger partial charge in [-0.25, -0.2) is 9.97 Å². The van der Waals surface area contributed by atoms with Gasteiger partial charge in [-0.3, -0.25) is 10.1 Å². The number of aryl methyl sites for hydroxylation is 2. The lowest BCUT2D eigenvalue weighted by Gasteiger charge is -2.35. The third-order valence-corrected chi connectivity index (χ3v) is 3.93. The number of carbonyl (C=O) groups excluding carboxylic acids is 1. The van der Waals surface area contributed by atoms with Crippen LogP contribution in [0.3, 0.4) is 0 Å². The van der Waals surface area contributed by atoms with E-state index in [0.717, 1.165) is 43.7 Å². The summed E-state index contributed by atoms with van der Waals surface area (Å²) < 4.78 is 0. The highest BCUT2D eigenvalue weighted by atomic mass is 16.2. The molecule has 1 fully saturated rings. The molecule has 1 aromatic heterocycles. The first-order chi connectivity index (χ1) is 9.05. The first kappa shape index (κ1) is 13.9. The summed E-state index contributed by atoms with van der Waals surface area (Å²) in [6.07, 6.45) is 2.60. The zero-order chi connectivity index (χ0) is 13.9. The number of rotatable bonds is 3. The lowest BCUT2D eigenvalue weighted by atomic mass is 9.76. The lowest BCUT2D eigenvalue weighted by Crippen LogP contribution is -2.44. The van der Waals surface area contributed by atoms with Gasteiger partial charge in [0.15, 0.2) is 0 Å². The normalized spacial score (nSPS) is 18.1. The summed E-state index contributed by atoms with van der Waals surface area (Å²) in [6, 6.07) is 1.90. The second-order valence-corrected chi connectivity index (χ2v) is 5.31. The first-order valence-electron chi connectivity index (χ1n) is 6.90. The SMILES string of the molecule is CCC1(C(=O)Nc2nc(C)cc(C)n2)CCNCC1. The quantitative estimate of drug-likeness (QED) is 0.872. The minimum atomic E-state index is -0.272. The molecule has 0 atom stereocenters. The number of nitrogens with zero attached hydrogens (tertiary/aromatic N) is 2. The number of aromatic nitrogens is 2. The second kappa shape index (κ2) is 5.65. The highest BCUT2D eigenvalue weighted by Gasteiger charge is 2.38. The third kappa shape index (κ3) is 3.10. The molecular formula is C14H22N4O. The predicted octanol–water partition coefficient (Wildman–Crippen LogP) is 1.81. The van der Waals surface area contributed by atoms with Crippen LogP contribution in [0.25, 0.3) is 0 Å². The van der Waals surface area contributed by atoms with Gasteiger partial charge in [0.2, 0.25) is 11.9 Å². The fourth-order valence-electron chi connectivity index (χ4n) is 2.66. The molecule has 1 aromatic rings. The molecule has 1 aliphatic heterocycles. The zero-order valence-corrected chi connectivity index (χ0v) is 11.9. The van der Waals surface area contributed by atoms with Gasteiger partial charge < -0.3 is 5.32 Å². The number of nitrogens with one attached hydrogen (secondary N) is 2. The predicted molar refractivity (Wildman–Crippen MR) is 75.0 cm³/mol. The van der Waals surface area contributed by atoms with Gasteiger partial charge >= 0.3 is 0 Å². The summed E-state index contributed by atoms with van der Waals surface area (Å²) in [6.45, 7) is 7.69. The Morgan fingerprint density at radius 2 is 1.89 bits per heavy atom. The van der Waals surface area contributed by atoms with E-state index in [1.165, 1.54) is 0 Å². The maximum Gasteiger partial charge on any atom is 0.233 e. The van der Waals surface area contributed by atoms with E-state index >= 15 is 0 Å². The van der Waals surface area contributed by atoms with E-state index in [2.05, 4.69) is 27.5 Å². The van der Waals surface area contributed by atoms with Crippen molar-refractivity contribution in [2.75, 3.05) is 18.4 Å². The van der Waals surface area contributed by atoms with E-state index in [1.54, 1.807) is 0 Å². The molecule has 104 valence electrons. The van der Waals surface area contributed by atoms with Crippen LogP contribution in [-0.4, -0.2) is 29.0 Å². The van der Waals surface area contributed by atoms with Gasteiger partial charge in [-0.15, -0.1) is 0 Å². The van der Waals surface area contributed by atoms with Gasteiger partial charge in [-0.1, -0.05) is 6.92 Å². The molecule has 0 bridgehead atoms. The molecule has 1 saturated heterocycles. The molecule has 0 saturated carbocycles. The number of piperidine rings is 1. The number of amides is 1. The molecule has 5 nitrogen and oxygen atoms in total. The van der Waals surface area contributed by atoms with Crippen LogP contribution in [0.5, 0.6) is 0 Å². The summed E-state index contributed by atoms with van der Waals surface area (Å²) in [5.74, 6) is 0.482. The van der Waals surface area contributed by atoms with Crippen LogP contribution in [0, 0.1) is 19.3 Å². The molecule has 0 unspecified atom stereocenters. The van der Waals surface area contributed by atoms with Crippen molar-refractivity contribution in [1.29, 1.82) is 0 Å². The van der Waals surface area contributed by atoms with Gasteiger partial charge in [0.25, 0.3) is 0 Å².